The molecule has 5 nitrogen and oxygen atoms in total. The largest absolute Gasteiger partial charge is 0.374 e. The number of fused-ring (bicyclic) bond motifs is 2. The van der Waals surface area contributed by atoms with Gasteiger partial charge in [-0.15, -0.1) is 0 Å². The molecule has 2 aromatic rings. The van der Waals surface area contributed by atoms with Crippen molar-refractivity contribution in [1.29, 1.82) is 0 Å². The third-order valence-corrected chi connectivity index (χ3v) is 4.78. The van der Waals surface area contributed by atoms with E-state index in [2.05, 4.69) is 22.5 Å². The first-order chi connectivity index (χ1) is 11.3. The predicted octanol–water partition coefficient (Wildman–Crippen LogP) is 2.12. The van der Waals surface area contributed by atoms with Crippen LogP contribution in [-0.2, 0) is 22.6 Å². The van der Waals surface area contributed by atoms with Crippen LogP contribution in [0.5, 0.6) is 0 Å². The molecular formula is C18H21N3O2. The van der Waals surface area contributed by atoms with E-state index < -0.39 is 0 Å². The van der Waals surface area contributed by atoms with Crippen LogP contribution in [0.3, 0.4) is 0 Å². The van der Waals surface area contributed by atoms with Crippen LogP contribution in [0.15, 0.2) is 42.7 Å². The molecule has 1 aromatic heterocycles. The monoisotopic (exact) mass is 311 g/mol. The minimum Gasteiger partial charge on any atom is -0.374 e. The molecule has 2 fully saturated rings. The van der Waals surface area contributed by atoms with Crippen molar-refractivity contribution < 1.29 is 9.53 Å². The average Bonchev–Trinajstić information content (AvgIpc) is 3.30. The third-order valence-electron chi connectivity index (χ3n) is 4.78. The van der Waals surface area contributed by atoms with Gasteiger partial charge in [-0.05, 0) is 24.8 Å². The summed E-state index contributed by atoms with van der Waals surface area (Å²) in [5, 5.41) is 7.40. The van der Waals surface area contributed by atoms with Crippen LogP contribution in [0.1, 0.15) is 30.4 Å². The maximum absolute atomic E-state index is 12.3. The van der Waals surface area contributed by atoms with Crippen molar-refractivity contribution in [2.45, 2.75) is 44.6 Å². The Bertz CT molecular complexity index is 683. The number of carbonyl (C=O) groups is 1. The normalized spacial score (nSPS) is 25.7. The number of ether oxygens (including phenoxy) is 1. The molecule has 0 saturated carbocycles. The predicted molar refractivity (Wildman–Crippen MR) is 85.6 cm³/mol. The zero-order valence-corrected chi connectivity index (χ0v) is 13.0. The van der Waals surface area contributed by atoms with Crippen molar-refractivity contribution in [2.24, 2.45) is 5.92 Å². The SMILES string of the molecule is O=C(NCc1cnn(Cc2ccccc2)c1)[C@@H]1C[C@H]2CC[C@H]1O2. The van der Waals surface area contributed by atoms with Gasteiger partial charge in [-0.3, -0.25) is 9.48 Å². The number of hydrogen-bond acceptors (Lipinski definition) is 3. The van der Waals surface area contributed by atoms with Gasteiger partial charge in [-0.2, -0.15) is 5.10 Å². The van der Waals surface area contributed by atoms with Gasteiger partial charge in [0.25, 0.3) is 0 Å². The smallest absolute Gasteiger partial charge is 0.226 e. The second-order valence-electron chi connectivity index (χ2n) is 6.47. The highest BCUT2D eigenvalue weighted by molar-refractivity contribution is 5.79. The fourth-order valence-electron chi connectivity index (χ4n) is 3.59. The van der Waals surface area contributed by atoms with Crippen molar-refractivity contribution in [1.82, 2.24) is 15.1 Å². The standard InChI is InChI=1S/C18H21N3O2/c22-18(16-8-15-6-7-17(16)23-15)19-9-14-10-20-21(12-14)11-13-4-2-1-3-5-13/h1-5,10,12,15-17H,6-9,11H2,(H,19,22)/t15-,16-,17-/m1/s1. The maximum atomic E-state index is 12.3. The van der Waals surface area contributed by atoms with Gasteiger partial charge in [0, 0.05) is 18.3 Å². The van der Waals surface area contributed by atoms with Gasteiger partial charge in [-0.25, -0.2) is 0 Å². The zero-order valence-electron chi connectivity index (χ0n) is 13.0. The van der Waals surface area contributed by atoms with E-state index >= 15 is 0 Å². The van der Waals surface area contributed by atoms with Crippen molar-refractivity contribution in [2.75, 3.05) is 0 Å². The summed E-state index contributed by atoms with van der Waals surface area (Å²) >= 11 is 0. The van der Waals surface area contributed by atoms with Crippen LogP contribution in [0.2, 0.25) is 0 Å². The highest BCUT2D eigenvalue weighted by Gasteiger charge is 2.44. The molecule has 4 rings (SSSR count). The second kappa shape index (κ2) is 6.16. The molecule has 120 valence electrons. The molecule has 5 heteroatoms. The van der Waals surface area contributed by atoms with Crippen molar-refractivity contribution in [3.8, 4) is 0 Å². The number of nitrogens with zero attached hydrogens (tertiary/aromatic N) is 2. The molecule has 23 heavy (non-hydrogen) atoms. The Labute approximate surface area is 135 Å². The van der Waals surface area contributed by atoms with Gasteiger partial charge >= 0.3 is 0 Å². The number of benzene rings is 1. The average molecular weight is 311 g/mol. The quantitative estimate of drug-likeness (QED) is 0.920. The number of aromatic nitrogens is 2. The molecule has 0 radical (unpaired) electrons. The van der Waals surface area contributed by atoms with Gasteiger partial charge in [0.2, 0.25) is 5.91 Å². The van der Waals surface area contributed by atoms with Crippen molar-refractivity contribution in [3.63, 3.8) is 0 Å². The number of carbonyl (C=O) groups excluding carboxylic acids is 1. The molecule has 2 aliphatic heterocycles. The molecule has 3 heterocycles. The number of hydrogen-bond donors (Lipinski definition) is 1. The van der Waals surface area contributed by atoms with E-state index in [-0.39, 0.29) is 17.9 Å². The molecule has 0 spiro atoms. The Hall–Kier alpha value is -2.14. The molecule has 2 bridgehead atoms. The molecule has 3 atom stereocenters. The summed E-state index contributed by atoms with van der Waals surface area (Å²) in [6.45, 7) is 1.27. The second-order valence-corrected chi connectivity index (χ2v) is 6.47. The Morgan fingerprint density at radius 3 is 2.87 bits per heavy atom. The van der Waals surface area contributed by atoms with Crippen molar-refractivity contribution in [3.05, 3.63) is 53.9 Å². The third kappa shape index (κ3) is 3.15. The fraction of sp³-hybridized carbons (Fsp3) is 0.444. The van der Waals surface area contributed by atoms with Gasteiger partial charge in [-0.1, -0.05) is 30.3 Å². The van der Waals surface area contributed by atoms with E-state index in [0.29, 0.717) is 12.6 Å². The summed E-state index contributed by atoms with van der Waals surface area (Å²) in [4.78, 5) is 12.3. The van der Waals surface area contributed by atoms with Crippen LogP contribution in [0, 0.1) is 5.92 Å². The molecule has 1 N–H and O–H groups in total. The number of nitrogens with one attached hydrogen (secondary N) is 1. The molecule has 0 aliphatic carbocycles. The first kappa shape index (κ1) is 14.5. The van der Waals surface area contributed by atoms with E-state index in [1.807, 2.05) is 35.3 Å². The maximum Gasteiger partial charge on any atom is 0.226 e. The van der Waals surface area contributed by atoms with Gasteiger partial charge in [0.1, 0.15) is 0 Å². The van der Waals surface area contributed by atoms with Crippen LogP contribution < -0.4 is 5.32 Å². The lowest BCUT2D eigenvalue weighted by Crippen LogP contribution is -2.35. The van der Waals surface area contributed by atoms with E-state index in [1.165, 1.54) is 5.56 Å². The summed E-state index contributed by atoms with van der Waals surface area (Å²) in [5.41, 5.74) is 2.24. The van der Waals surface area contributed by atoms with E-state index in [4.69, 9.17) is 4.74 Å². The Morgan fingerprint density at radius 2 is 2.13 bits per heavy atom. The molecular weight excluding hydrogens is 290 g/mol. The molecule has 2 saturated heterocycles. The van der Waals surface area contributed by atoms with Crippen LogP contribution >= 0.6 is 0 Å². The van der Waals surface area contributed by atoms with E-state index in [1.54, 1.807) is 0 Å². The summed E-state index contributed by atoms with van der Waals surface area (Å²) in [7, 11) is 0. The lowest BCUT2D eigenvalue weighted by atomic mass is 9.88. The minimum atomic E-state index is 0.0353. The number of amides is 1. The summed E-state index contributed by atoms with van der Waals surface area (Å²) in [5.74, 6) is 0.154. The van der Waals surface area contributed by atoms with Crippen LogP contribution in [-0.4, -0.2) is 27.9 Å². The summed E-state index contributed by atoms with van der Waals surface area (Å²) < 4.78 is 7.65. The summed E-state index contributed by atoms with van der Waals surface area (Å²) in [6, 6.07) is 10.2. The number of rotatable bonds is 5. The summed E-state index contributed by atoms with van der Waals surface area (Å²) in [6.07, 6.45) is 7.28. The first-order valence-electron chi connectivity index (χ1n) is 8.26. The molecule has 0 unspecified atom stereocenters. The lowest BCUT2D eigenvalue weighted by Gasteiger charge is -2.17. The minimum absolute atomic E-state index is 0.0353. The molecule has 1 amide bonds. The Morgan fingerprint density at radius 1 is 1.26 bits per heavy atom. The topological polar surface area (TPSA) is 56.2 Å². The molecule has 1 aromatic carbocycles. The zero-order chi connectivity index (χ0) is 15.6. The Kier molecular flexibility index (Phi) is 3.87. The van der Waals surface area contributed by atoms with E-state index in [0.717, 1.165) is 31.4 Å². The van der Waals surface area contributed by atoms with E-state index in [9.17, 15) is 4.79 Å². The first-order valence-corrected chi connectivity index (χ1v) is 8.26. The van der Waals surface area contributed by atoms with Gasteiger partial charge < -0.3 is 10.1 Å². The van der Waals surface area contributed by atoms with Crippen LogP contribution in [0.25, 0.3) is 0 Å². The molecule has 2 aliphatic rings. The Balaban J connectivity index is 1.31. The lowest BCUT2D eigenvalue weighted by molar-refractivity contribution is -0.126. The highest BCUT2D eigenvalue weighted by Crippen LogP contribution is 2.38. The van der Waals surface area contributed by atoms with Gasteiger partial charge in [0.05, 0.1) is 30.9 Å². The fourth-order valence-corrected chi connectivity index (χ4v) is 3.59. The highest BCUT2D eigenvalue weighted by atomic mass is 16.5. The van der Waals surface area contributed by atoms with Crippen LogP contribution in [0.4, 0.5) is 0 Å². The van der Waals surface area contributed by atoms with Crippen molar-refractivity contribution >= 4 is 5.91 Å². The van der Waals surface area contributed by atoms with Gasteiger partial charge in [0.15, 0.2) is 0 Å².